The largest absolute Gasteiger partial charge is 0.322 e. The van der Waals surface area contributed by atoms with Crippen LogP contribution in [0.15, 0.2) is 87.5 Å². The third-order valence-electron chi connectivity index (χ3n) is 3.70. The maximum absolute atomic E-state index is 12.7. The van der Waals surface area contributed by atoms with E-state index < -0.39 is 5.76 Å². The van der Waals surface area contributed by atoms with E-state index in [1.807, 2.05) is 24.3 Å². The fraction of sp³-hybridized carbons (Fsp3) is 0.0476. The summed E-state index contributed by atoms with van der Waals surface area (Å²) in [4.78, 5) is 14.6. The summed E-state index contributed by atoms with van der Waals surface area (Å²) in [6.45, 7) is 0. The molecule has 0 fully saturated rings. The van der Waals surface area contributed by atoms with E-state index in [0.717, 1.165) is 4.90 Å². The highest BCUT2D eigenvalue weighted by atomic mass is 32.2. The number of thioether (sulfide) groups is 1. The van der Waals surface area contributed by atoms with Gasteiger partial charge in [-0.25, -0.2) is 0 Å². The minimum Gasteiger partial charge on any atom is -0.322 e. The first-order chi connectivity index (χ1) is 13.6. The summed E-state index contributed by atoms with van der Waals surface area (Å²) >= 11 is 1.80. The van der Waals surface area contributed by atoms with Crippen molar-refractivity contribution in [1.82, 2.24) is 0 Å². The summed E-state index contributed by atoms with van der Waals surface area (Å²) in [6.07, 6.45) is 0. The Morgan fingerprint density at radius 3 is 2.25 bits per heavy atom. The second kappa shape index (κ2) is 9.40. The molecule has 0 aliphatic carbocycles. The molecule has 28 heavy (non-hydrogen) atoms. The second-order valence-electron chi connectivity index (χ2n) is 5.56. The van der Waals surface area contributed by atoms with Gasteiger partial charge < -0.3 is 5.32 Å². The van der Waals surface area contributed by atoms with Crippen molar-refractivity contribution >= 4 is 35.1 Å². The summed E-state index contributed by atoms with van der Waals surface area (Å²) < 4.78 is 24.8. The molecule has 1 N–H and O–H groups in total. The van der Waals surface area contributed by atoms with Crippen molar-refractivity contribution < 1.29 is 13.6 Å². The predicted octanol–water partition coefficient (Wildman–Crippen LogP) is 6.28. The zero-order valence-electron chi connectivity index (χ0n) is 14.4. The quantitative estimate of drug-likeness (QED) is 0.484. The Hall–Kier alpha value is -2.82. The summed E-state index contributed by atoms with van der Waals surface area (Å²) in [5.74, 6) is -2.80. The van der Waals surface area contributed by atoms with Gasteiger partial charge >= 0.3 is 0 Å². The minimum absolute atomic E-state index is 0.313. The number of benzene rings is 3. The van der Waals surface area contributed by atoms with Gasteiger partial charge in [0, 0.05) is 20.4 Å². The van der Waals surface area contributed by atoms with Gasteiger partial charge in [-0.05, 0) is 48.5 Å². The normalized spacial score (nSPS) is 10.5. The van der Waals surface area contributed by atoms with E-state index in [0.29, 0.717) is 38.4 Å². The lowest BCUT2D eigenvalue weighted by Gasteiger charge is -2.11. The van der Waals surface area contributed by atoms with Gasteiger partial charge in [0.05, 0.1) is 11.1 Å². The molecule has 0 unspecified atom stereocenters. The average Bonchev–Trinajstić information content (AvgIpc) is 2.70. The van der Waals surface area contributed by atoms with Gasteiger partial charge in [-0.2, -0.15) is 14.0 Å². The molecule has 0 heterocycles. The third-order valence-corrected chi connectivity index (χ3v) is 5.57. The number of alkyl halides is 2. The Bertz CT molecular complexity index is 1020. The van der Waals surface area contributed by atoms with E-state index >= 15 is 0 Å². The van der Waals surface area contributed by atoms with Crippen LogP contribution in [0.2, 0.25) is 0 Å². The zero-order valence-corrected chi connectivity index (χ0v) is 16.1. The predicted molar refractivity (Wildman–Crippen MR) is 108 cm³/mol. The van der Waals surface area contributed by atoms with Crippen LogP contribution in [-0.4, -0.2) is 11.7 Å². The molecule has 3 aromatic carbocycles. The number of rotatable bonds is 6. The number of carbonyl (C=O) groups is 1. The lowest BCUT2D eigenvalue weighted by Crippen LogP contribution is -2.12. The zero-order chi connectivity index (χ0) is 19.9. The maximum atomic E-state index is 12.7. The number of carbonyl (C=O) groups excluding carboxylic acids is 1. The highest BCUT2D eigenvalue weighted by Crippen LogP contribution is 2.33. The van der Waals surface area contributed by atoms with Gasteiger partial charge in [-0.3, -0.25) is 4.79 Å². The second-order valence-corrected chi connectivity index (χ2v) is 7.71. The molecule has 0 saturated carbocycles. The van der Waals surface area contributed by atoms with Crippen LogP contribution in [-0.2, 0) is 0 Å². The van der Waals surface area contributed by atoms with Crippen molar-refractivity contribution in [2.24, 2.45) is 0 Å². The van der Waals surface area contributed by atoms with Crippen LogP contribution in [0, 0.1) is 11.3 Å². The van der Waals surface area contributed by atoms with Crippen LogP contribution in [0.5, 0.6) is 0 Å². The molecule has 3 rings (SSSR count). The number of nitrogens with zero attached hydrogens (tertiary/aromatic N) is 1. The van der Waals surface area contributed by atoms with Crippen LogP contribution in [0.3, 0.4) is 0 Å². The molecule has 3 nitrogen and oxygen atoms in total. The van der Waals surface area contributed by atoms with Crippen molar-refractivity contribution in [3.8, 4) is 6.07 Å². The van der Waals surface area contributed by atoms with Crippen LogP contribution in [0.4, 0.5) is 14.5 Å². The first kappa shape index (κ1) is 19.9. The SMILES string of the molecule is N#Cc1ccccc1Sc1ccccc1C(=O)Nc1ccc(SC(F)F)cc1. The number of hydrogen-bond donors (Lipinski definition) is 1. The van der Waals surface area contributed by atoms with E-state index in [4.69, 9.17) is 0 Å². The van der Waals surface area contributed by atoms with E-state index in [-0.39, 0.29) is 5.91 Å². The molecular formula is C21H14F2N2OS2. The number of halogens is 2. The fourth-order valence-electron chi connectivity index (χ4n) is 2.43. The molecule has 3 aromatic rings. The number of hydrogen-bond acceptors (Lipinski definition) is 4. The monoisotopic (exact) mass is 412 g/mol. The molecule has 0 saturated heterocycles. The fourth-order valence-corrected chi connectivity index (χ4v) is 3.95. The minimum atomic E-state index is -2.49. The molecule has 7 heteroatoms. The standard InChI is InChI=1S/C21H14F2N2OS2/c22-21(23)27-16-11-9-15(10-12-16)25-20(26)17-6-2-4-8-19(17)28-18-7-3-1-5-14(18)13-24/h1-12,21H,(H,25,26). The number of anilines is 1. The van der Waals surface area contributed by atoms with Crippen molar-refractivity contribution in [3.63, 3.8) is 0 Å². The van der Waals surface area contributed by atoms with Crippen molar-refractivity contribution in [2.75, 3.05) is 5.32 Å². The lowest BCUT2D eigenvalue weighted by molar-refractivity contribution is 0.102. The molecule has 0 spiro atoms. The van der Waals surface area contributed by atoms with Gasteiger partial charge in [0.15, 0.2) is 0 Å². The van der Waals surface area contributed by atoms with Crippen molar-refractivity contribution in [1.29, 1.82) is 5.26 Å². The molecule has 0 aliphatic rings. The molecule has 0 bridgehead atoms. The molecule has 0 aromatic heterocycles. The highest BCUT2D eigenvalue weighted by molar-refractivity contribution is 7.99. The first-order valence-electron chi connectivity index (χ1n) is 8.19. The van der Waals surface area contributed by atoms with Gasteiger partial charge in [0.1, 0.15) is 6.07 Å². The molecular weight excluding hydrogens is 398 g/mol. The lowest BCUT2D eigenvalue weighted by atomic mass is 10.2. The Morgan fingerprint density at radius 1 is 0.929 bits per heavy atom. The topological polar surface area (TPSA) is 52.9 Å². The Kier molecular flexibility index (Phi) is 6.69. The molecule has 1 amide bonds. The highest BCUT2D eigenvalue weighted by Gasteiger charge is 2.14. The van der Waals surface area contributed by atoms with E-state index in [1.165, 1.54) is 23.9 Å². The first-order valence-corrected chi connectivity index (χ1v) is 9.88. The van der Waals surface area contributed by atoms with Crippen LogP contribution >= 0.6 is 23.5 Å². The van der Waals surface area contributed by atoms with Crippen molar-refractivity contribution in [2.45, 2.75) is 20.4 Å². The van der Waals surface area contributed by atoms with E-state index in [2.05, 4.69) is 11.4 Å². The van der Waals surface area contributed by atoms with Crippen molar-refractivity contribution in [3.05, 3.63) is 83.9 Å². The smallest absolute Gasteiger partial charge is 0.288 e. The van der Waals surface area contributed by atoms with Gasteiger partial charge in [-0.15, -0.1) is 0 Å². The third kappa shape index (κ3) is 5.12. The Balaban J connectivity index is 1.78. The summed E-state index contributed by atoms with van der Waals surface area (Å²) in [7, 11) is 0. The van der Waals surface area contributed by atoms with Crippen LogP contribution in [0.25, 0.3) is 0 Å². The molecule has 140 valence electrons. The molecule has 0 aliphatic heterocycles. The summed E-state index contributed by atoms with van der Waals surface area (Å²) in [5.41, 5.74) is 1.52. The van der Waals surface area contributed by atoms with Crippen LogP contribution in [0.1, 0.15) is 15.9 Å². The van der Waals surface area contributed by atoms with Gasteiger partial charge in [0.2, 0.25) is 0 Å². The number of nitriles is 1. The Morgan fingerprint density at radius 2 is 1.57 bits per heavy atom. The Labute approximate surface area is 169 Å². The molecule has 0 atom stereocenters. The number of nitrogens with one attached hydrogen (secondary N) is 1. The molecule has 0 radical (unpaired) electrons. The van der Waals surface area contributed by atoms with Gasteiger partial charge in [-0.1, -0.05) is 47.8 Å². The van der Waals surface area contributed by atoms with E-state index in [1.54, 1.807) is 36.4 Å². The van der Waals surface area contributed by atoms with E-state index in [9.17, 15) is 18.8 Å². The number of amides is 1. The van der Waals surface area contributed by atoms with Gasteiger partial charge in [0.25, 0.3) is 11.7 Å². The van der Waals surface area contributed by atoms with Crippen LogP contribution < -0.4 is 5.32 Å². The average molecular weight is 412 g/mol. The summed E-state index contributed by atoms with van der Waals surface area (Å²) in [5, 5.41) is 12.0. The summed E-state index contributed by atoms with van der Waals surface area (Å²) in [6, 6.07) is 22.7. The maximum Gasteiger partial charge on any atom is 0.288 e.